The minimum Gasteiger partial charge on any atom is -0.477 e. The maximum atomic E-state index is 10.7. The van der Waals surface area contributed by atoms with Gasteiger partial charge in [-0.2, -0.15) is 0 Å². The quantitative estimate of drug-likeness (QED) is 0.224. The largest absolute Gasteiger partial charge is 0.477 e. The number of rotatable bonds is 18. The molecule has 3 heteroatoms. The van der Waals surface area contributed by atoms with E-state index in [0.717, 1.165) is 6.42 Å². The van der Waals surface area contributed by atoms with Crippen LogP contribution in [0, 0.1) is 0 Å². The normalized spacial score (nSPS) is 12.1. The van der Waals surface area contributed by atoms with E-state index in [1.807, 2.05) is 20.3 Å². The Morgan fingerprint density at radius 3 is 1.56 bits per heavy atom. The van der Waals surface area contributed by atoms with Gasteiger partial charge in [0.05, 0.1) is 20.3 Å². The van der Waals surface area contributed by atoms with E-state index in [4.69, 9.17) is 5.11 Å². The van der Waals surface area contributed by atoms with Crippen molar-refractivity contribution in [3.05, 3.63) is 12.3 Å². The summed E-state index contributed by atoms with van der Waals surface area (Å²) in [6.45, 7) is 2.43. The molecule has 148 valence electrons. The summed E-state index contributed by atoms with van der Waals surface area (Å²) in [7, 11) is 3.85. The number of quaternary nitrogens is 1. The number of unbranched alkanes of at least 4 members (excludes halogenated alkanes) is 14. The van der Waals surface area contributed by atoms with E-state index in [1.165, 1.54) is 89.9 Å². The molecule has 0 aliphatic rings. The van der Waals surface area contributed by atoms with Gasteiger partial charge in [-0.3, -0.25) is 4.48 Å². The first-order valence-corrected chi connectivity index (χ1v) is 10.7. The van der Waals surface area contributed by atoms with Crippen LogP contribution in [0.2, 0.25) is 0 Å². The fourth-order valence-corrected chi connectivity index (χ4v) is 3.22. The van der Waals surface area contributed by atoms with Gasteiger partial charge in [-0.25, -0.2) is 4.79 Å². The van der Waals surface area contributed by atoms with Crippen LogP contribution in [0.5, 0.6) is 0 Å². The molecule has 1 N–H and O–H groups in total. The fraction of sp³-hybridized carbons (Fsp3) is 0.864. The van der Waals surface area contributed by atoms with Crippen molar-refractivity contribution in [1.82, 2.24) is 0 Å². The number of hydrogen-bond acceptors (Lipinski definition) is 1. The number of carbonyl (C=O) groups is 1. The van der Waals surface area contributed by atoms with Crippen molar-refractivity contribution >= 4 is 5.97 Å². The number of hydrogen-bond donors (Lipinski definition) is 1. The van der Waals surface area contributed by atoms with Gasteiger partial charge in [-0.15, -0.1) is 0 Å². The first-order chi connectivity index (χ1) is 12.0. The molecule has 3 nitrogen and oxygen atoms in total. The summed E-state index contributed by atoms with van der Waals surface area (Å²) in [6, 6.07) is 0. The molecule has 0 fully saturated rings. The Labute approximate surface area is 157 Å². The van der Waals surface area contributed by atoms with Crippen LogP contribution in [0.1, 0.15) is 103 Å². The topological polar surface area (TPSA) is 37.3 Å². The van der Waals surface area contributed by atoms with Gasteiger partial charge in [0.25, 0.3) is 0 Å². The highest BCUT2D eigenvalue weighted by atomic mass is 16.4. The minimum absolute atomic E-state index is 0.148. The standard InChI is InChI=1S/C22H43NO2/c1-4-5-6-7-8-9-10-11-12-13-14-15-16-17-18-19-20-23(2,3)21-22(24)25/h19-20H,4-18,21H2,1-3H3/p+1. The second-order valence-electron chi connectivity index (χ2n) is 8.10. The second-order valence-corrected chi connectivity index (χ2v) is 8.10. The molecule has 0 aromatic carbocycles. The van der Waals surface area contributed by atoms with Gasteiger partial charge < -0.3 is 5.11 Å². The van der Waals surface area contributed by atoms with E-state index in [0.29, 0.717) is 4.48 Å². The van der Waals surface area contributed by atoms with E-state index in [-0.39, 0.29) is 6.54 Å². The molecule has 25 heavy (non-hydrogen) atoms. The van der Waals surface area contributed by atoms with Crippen LogP contribution in [-0.4, -0.2) is 36.2 Å². The lowest BCUT2D eigenvalue weighted by molar-refractivity contribution is -0.831. The van der Waals surface area contributed by atoms with E-state index in [9.17, 15) is 4.79 Å². The molecular formula is C22H44NO2+. The molecule has 0 atom stereocenters. The number of aliphatic carboxylic acids is 1. The van der Waals surface area contributed by atoms with E-state index >= 15 is 0 Å². The monoisotopic (exact) mass is 354 g/mol. The average molecular weight is 355 g/mol. The smallest absolute Gasteiger partial charge is 0.359 e. The van der Waals surface area contributed by atoms with Gasteiger partial charge in [0.2, 0.25) is 0 Å². The lowest BCUT2D eigenvalue weighted by Crippen LogP contribution is -2.38. The number of likely N-dealkylation sites (N-methyl/N-ethyl adjacent to an activating group) is 1. The van der Waals surface area contributed by atoms with Crippen LogP contribution >= 0.6 is 0 Å². The summed E-state index contributed by atoms with van der Waals surface area (Å²) in [5, 5.41) is 8.83. The first-order valence-electron chi connectivity index (χ1n) is 10.7. The molecule has 0 unspecified atom stereocenters. The highest BCUT2D eigenvalue weighted by molar-refractivity contribution is 5.67. The van der Waals surface area contributed by atoms with Crippen LogP contribution in [-0.2, 0) is 4.79 Å². The summed E-state index contributed by atoms with van der Waals surface area (Å²) in [4.78, 5) is 10.7. The summed E-state index contributed by atoms with van der Waals surface area (Å²) < 4.78 is 0.425. The van der Waals surface area contributed by atoms with Crippen molar-refractivity contribution in [2.24, 2.45) is 0 Å². The van der Waals surface area contributed by atoms with Gasteiger partial charge in [0, 0.05) is 0 Å². The maximum absolute atomic E-state index is 10.7. The third-order valence-electron chi connectivity index (χ3n) is 4.78. The molecule has 0 rings (SSSR count). The van der Waals surface area contributed by atoms with Crippen LogP contribution in [0.3, 0.4) is 0 Å². The molecule has 0 aromatic rings. The van der Waals surface area contributed by atoms with E-state index < -0.39 is 5.97 Å². The van der Waals surface area contributed by atoms with Gasteiger partial charge in [0.15, 0.2) is 6.54 Å². The first kappa shape index (κ1) is 24.2. The second kappa shape index (κ2) is 16.6. The van der Waals surface area contributed by atoms with Crippen molar-refractivity contribution in [3.63, 3.8) is 0 Å². The van der Waals surface area contributed by atoms with Gasteiger partial charge >= 0.3 is 5.97 Å². The van der Waals surface area contributed by atoms with Crippen molar-refractivity contribution in [3.8, 4) is 0 Å². The zero-order chi connectivity index (χ0) is 18.8. The Morgan fingerprint density at radius 1 is 0.760 bits per heavy atom. The molecule has 0 amide bonds. The summed E-state index contributed by atoms with van der Waals surface area (Å²) in [5.41, 5.74) is 0. The molecule has 0 bridgehead atoms. The summed E-state index contributed by atoms with van der Waals surface area (Å²) in [5.74, 6) is -0.744. The Morgan fingerprint density at radius 2 is 1.16 bits per heavy atom. The van der Waals surface area contributed by atoms with Crippen LogP contribution in [0.4, 0.5) is 0 Å². The Bertz CT molecular complexity index is 337. The van der Waals surface area contributed by atoms with Crippen LogP contribution in [0.15, 0.2) is 12.3 Å². The molecular weight excluding hydrogens is 310 g/mol. The van der Waals surface area contributed by atoms with Crippen LogP contribution in [0.25, 0.3) is 0 Å². The molecule has 0 aliphatic heterocycles. The van der Waals surface area contributed by atoms with Gasteiger partial charge in [0.1, 0.15) is 0 Å². The van der Waals surface area contributed by atoms with Crippen molar-refractivity contribution in [1.29, 1.82) is 0 Å². The number of carboxylic acid groups (broad SMARTS) is 1. The van der Waals surface area contributed by atoms with Gasteiger partial charge in [-0.1, -0.05) is 90.4 Å². The maximum Gasteiger partial charge on any atom is 0.359 e. The lowest BCUT2D eigenvalue weighted by atomic mass is 10.0. The highest BCUT2D eigenvalue weighted by Crippen LogP contribution is 2.13. The van der Waals surface area contributed by atoms with Crippen LogP contribution < -0.4 is 0 Å². The number of allylic oxidation sites excluding steroid dienone is 1. The Balaban J connectivity index is 3.27. The van der Waals surface area contributed by atoms with Gasteiger partial charge in [-0.05, 0) is 18.9 Å². The van der Waals surface area contributed by atoms with Crippen molar-refractivity contribution in [2.75, 3.05) is 20.6 Å². The lowest BCUT2D eigenvalue weighted by Gasteiger charge is -2.22. The molecule has 0 spiro atoms. The summed E-state index contributed by atoms with van der Waals surface area (Å²) in [6.07, 6.45) is 24.6. The number of nitrogens with zero attached hydrogens (tertiary/aromatic N) is 1. The zero-order valence-corrected chi connectivity index (χ0v) is 17.3. The molecule has 0 saturated heterocycles. The molecule has 0 aromatic heterocycles. The number of carboxylic acids is 1. The predicted octanol–water partition coefficient (Wildman–Crippen LogP) is 6.53. The van der Waals surface area contributed by atoms with E-state index in [2.05, 4.69) is 13.0 Å². The summed E-state index contributed by atoms with van der Waals surface area (Å²) >= 11 is 0. The minimum atomic E-state index is -0.744. The van der Waals surface area contributed by atoms with Crippen molar-refractivity contribution < 1.29 is 14.4 Å². The SMILES string of the molecule is CCCCCCCCCCCCCCCCC=C[N+](C)(C)CC(=O)O. The van der Waals surface area contributed by atoms with Crippen molar-refractivity contribution in [2.45, 2.75) is 103 Å². The zero-order valence-electron chi connectivity index (χ0n) is 17.3. The Hall–Kier alpha value is -0.830. The third-order valence-corrected chi connectivity index (χ3v) is 4.78. The molecule has 0 radical (unpaired) electrons. The third kappa shape index (κ3) is 19.3. The Kier molecular flexibility index (Phi) is 16.1. The fourth-order valence-electron chi connectivity index (χ4n) is 3.22. The predicted molar refractivity (Wildman–Crippen MR) is 109 cm³/mol. The average Bonchev–Trinajstić information content (AvgIpc) is 2.53. The molecule has 0 aliphatic carbocycles. The van der Waals surface area contributed by atoms with E-state index in [1.54, 1.807) is 0 Å². The molecule has 0 heterocycles. The highest BCUT2D eigenvalue weighted by Gasteiger charge is 2.15. The molecule has 0 saturated carbocycles.